The van der Waals surface area contributed by atoms with Crippen LogP contribution in [0.4, 0.5) is 49.2 Å². The molecule has 37 heavy (non-hydrogen) atoms. The number of amides is 1. The Bertz CT molecular complexity index is 1390. The molecule has 0 aliphatic carbocycles. The molecule has 0 saturated carbocycles. The van der Waals surface area contributed by atoms with Gasteiger partial charge < -0.3 is 16.4 Å². The molecule has 0 aliphatic rings. The normalized spacial score (nSPS) is 11.7. The quantitative estimate of drug-likeness (QED) is 0.201. The predicted molar refractivity (Wildman–Crippen MR) is 126 cm³/mol. The molecule has 0 atom stereocenters. The molecule has 3 aromatic carbocycles. The minimum Gasteiger partial charge on any atom is -0.399 e. The molecule has 0 spiro atoms. The van der Waals surface area contributed by atoms with Crippen molar-refractivity contribution in [3.05, 3.63) is 95.8 Å². The van der Waals surface area contributed by atoms with Crippen LogP contribution in [0.25, 0.3) is 11.3 Å². The van der Waals surface area contributed by atoms with Crippen molar-refractivity contribution in [2.45, 2.75) is 12.4 Å². The van der Waals surface area contributed by atoms with Gasteiger partial charge in [-0.15, -0.1) is 0 Å². The van der Waals surface area contributed by atoms with E-state index in [-0.39, 0.29) is 29.0 Å². The summed E-state index contributed by atoms with van der Waals surface area (Å²) in [5.74, 6) is -0.213. The van der Waals surface area contributed by atoms with E-state index >= 15 is 0 Å². The summed E-state index contributed by atoms with van der Waals surface area (Å²) in [6.45, 7) is 0. The number of nitrogens with one attached hydrogen (secondary N) is 2. The molecule has 6 nitrogen and oxygen atoms in total. The van der Waals surface area contributed by atoms with E-state index in [0.717, 1.165) is 6.33 Å². The van der Waals surface area contributed by atoms with E-state index in [1.54, 1.807) is 48.5 Å². The molecule has 1 heterocycles. The Hall–Kier alpha value is -4.61. The summed E-state index contributed by atoms with van der Waals surface area (Å²) in [6.07, 6.45) is -8.93. The van der Waals surface area contributed by atoms with E-state index in [2.05, 4.69) is 20.6 Å². The van der Waals surface area contributed by atoms with E-state index in [1.165, 1.54) is 6.07 Å². The van der Waals surface area contributed by atoms with Gasteiger partial charge in [-0.3, -0.25) is 4.79 Å². The van der Waals surface area contributed by atoms with Crippen LogP contribution >= 0.6 is 0 Å². The minimum absolute atomic E-state index is 0.0530. The maximum Gasteiger partial charge on any atom is 0.416 e. The Kier molecular flexibility index (Phi) is 6.75. The van der Waals surface area contributed by atoms with Gasteiger partial charge in [-0.1, -0.05) is 0 Å². The lowest BCUT2D eigenvalue weighted by Crippen LogP contribution is -2.11. The highest BCUT2D eigenvalue weighted by Crippen LogP contribution is 2.38. The van der Waals surface area contributed by atoms with Gasteiger partial charge in [0.05, 0.1) is 16.8 Å². The fourth-order valence-corrected chi connectivity index (χ4v) is 3.31. The number of nitrogens with two attached hydrogens (primary N) is 1. The van der Waals surface area contributed by atoms with Crippen LogP contribution < -0.4 is 16.4 Å². The van der Waals surface area contributed by atoms with Crippen LogP contribution in [0.2, 0.25) is 0 Å². The summed E-state index contributed by atoms with van der Waals surface area (Å²) >= 11 is 0. The van der Waals surface area contributed by atoms with Crippen molar-refractivity contribution < 1.29 is 31.1 Å². The summed E-state index contributed by atoms with van der Waals surface area (Å²) in [7, 11) is 0. The zero-order valence-corrected chi connectivity index (χ0v) is 18.7. The van der Waals surface area contributed by atoms with Gasteiger partial charge in [0, 0.05) is 34.3 Å². The van der Waals surface area contributed by atoms with Gasteiger partial charge in [0.2, 0.25) is 0 Å². The van der Waals surface area contributed by atoms with Crippen molar-refractivity contribution in [2.75, 3.05) is 16.4 Å². The maximum atomic E-state index is 13.2. The molecule has 1 amide bonds. The van der Waals surface area contributed by atoms with Crippen LogP contribution in [0.3, 0.4) is 0 Å². The van der Waals surface area contributed by atoms with Crippen molar-refractivity contribution >= 4 is 28.8 Å². The van der Waals surface area contributed by atoms with E-state index in [1.807, 2.05) is 0 Å². The smallest absolute Gasteiger partial charge is 0.399 e. The molecule has 4 N–H and O–H groups in total. The van der Waals surface area contributed by atoms with E-state index in [4.69, 9.17) is 5.73 Å². The predicted octanol–water partition coefficient (Wildman–Crippen LogP) is 6.76. The molecular weight excluding hydrogens is 500 g/mol. The van der Waals surface area contributed by atoms with Crippen molar-refractivity contribution in [1.29, 1.82) is 0 Å². The Morgan fingerprint density at radius 2 is 1.30 bits per heavy atom. The number of alkyl halides is 6. The lowest BCUT2D eigenvalue weighted by atomic mass is 10.0. The third-order valence-corrected chi connectivity index (χ3v) is 5.14. The lowest BCUT2D eigenvalue weighted by Gasteiger charge is -2.14. The van der Waals surface area contributed by atoms with Gasteiger partial charge >= 0.3 is 12.4 Å². The highest BCUT2D eigenvalue weighted by Gasteiger charge is 2.37. The third-order valence-electron chi connectivity index (χ3n) is 5.14. The molecule has 0 radical (unpaired) electrons. The summed E-state index contributed by atoms with van der Waals surface area (Å²) in [5.41, 5.74) is 4.13. The molecule has 4 rings (SSSR count). The zero-order chi connectivity index (χ0) is 26.8. The third kappa shape index (κ3) is 6.34. The minimum atomic E-state index is -4.98. The number of aromatic nitrogens is 2. The number of rotatable bonds is 5. The second kappa shape index (κ2) is 9.80. The largest absolute Gasteiger partial charge is 0.416 e. The molecule has 0 fully saturated rings. The van der Waals surface area contributed by atoms with Gasteiger partial charge in [0.25, 0.3) is 5.91 Å². The first kappa shape index (κ1) is 25.5. The van der Waals surface area contributed by atoms with Gasteiger partial charge in [0.15, 0.2) is 0 Å². The number of hydrogen-bond donors (Lipinski definition) is 3. The lowest BCUT2D eigenvalue weighted by molar-refractivity contribution is -0.143. The second-order valence-corrected chi connectivity index (χ2v) is 7.86. The van der Waals surface area contributed by atoms with Gasteiger partial charge in [-0.2, -0.15) is 26.3 Å². The van der Waals surface area contributed by atoms with Gasteiger partial charge in [-0.05, 0) is 66.7 Å². The number of nitrogens with zero attached hydrogens (tertiary/aromatic N) is 2. The van der Waals surface area contributed by atoms with Crippen molar-refractivity contribution in [1.82, 2.24) is 9.97 Å². The van der Waals surface area contributed by atoms with Crippen LogP contribution in [0.5, 0.6) is 0 Å². The first-order valence-corrected chi connectivity index (χ1v) is 10.5. The van der Waals surface area contributed by atoms with Crippen LogP contribution in [0.15, 0.2) is 79.1 Å². The molecule has 4 aromatic rings. The average Bonchev–Trinajstić information content (AvgIpc) is 2.84. The Balaban J connectivity index is 1.53. The van der Waals surface area contributed by atoms with Crippen LogP contribution in [0.1, 0.15) is 21.5 Å². The summed E-state index contributed by atoms with van der Waals surface area (Å²) in [4.78, 5) is 20.1. The first-order chi connectivity index (χ1) is 17.4. The van der Waals surface area contributed by atoms with Crippen LogP contribution in [-0.2, 0) is 12.4 Å². The monoisotopic (exact) mass is 517 g/mol. The number of nitrogen functional groups attached to an aromatic ring is 1. The number of halogens is 6. The number of anilines is 4. The molecule has 0 aliphatic heterocycles. The van der Waals surface area contributed by atoms with Crippen molar-refractivity contribution in [3.63, 3.8) is 0 Å². The summed E-state index contributed by atoms with van der Waals surface area (Å²) < 4.78 is 79.2. The fraction of sp³-hybridized carbons (Fsp3) is 0.0800. The van der Waals surface area contributed by atoms with Crippen molar-refractivity contribution in [2.24, 2.45) is 0 Å². The molecule has 0 unspecified atom stereocenters. The fourth-order valence-electron chi connectivity index (χ4n) is 3.31. The molecule has 0 saturated heterocycles. The Morgan fingerprint density at radius 3 is 1.86 bits per heavy atom. The van der Waals surface area contributed by atoms with Gasteiger partial charge in [0.1, 0.15) is 12.1 Å². The molecule has 12 heteroatoms. The van der Waals surface area contributed by atoms with Crippen molar-refractivity contribution in [3.8, 4) is 11.3 Å². The zero-order valence-electron chi connectivity index (χ0n) is 18.7. The number of carbonyl (C=O) groups excluding carboxylic acids is 1. The van der Waals surface area contributed by atoms with E-state index < -0.39 is 23.5 Å². The van der Waals surface area contributed by atoms with Gasteiger partial charge in [-0.25, -0.2) is 9.97 Å². The summed E-state index contributed by atoms with van der Waals surface area (Å²) in [6, 6.07) is 15.2. The average molecular weight is 517 g/mol. The highest BCUT2D eigenvalue weighted by molar-refractivity contribution is 6.04. The maximum absolute atomic E-state index is 13.2. The summed E-state index contributed by atoms with van der Waals surface area (Å²) in [5, 5.41) is 5.62. The molecule has 1 aromatic heterocycles. The molecule has 0 bridgehead atoms. The van der Waals surface area contributed by atoms with E-state index in [9.17, 15) is 31.1 Å². The topological polar surface area (TPSA) is 92.9 Å². The highest BCUT2D eigenvalue weighted by atomic mass is 19.4. The van der Waals surface area contributed by atoms with Crippen LogP contribution in [0, 0.1) is 0 Å². The number of benzene rings is 3. The standard InChI is InChI=1S/C25H17F6N5O/c26-24(27,28)16-9-15(10-17(11-16)25(29,30)31)21-12-22(34-13-33-21)35-19-5-7-20(8-6-19)36-23(37)14-1-3-18(32)4-2-14/h1-13H,32H2,(H,36,37)(H,33,34,35). The SMILES string of the molecule is Nc1ccc(C(=O)Nc2ccc(Nc3cc(-c4cc(C(F)(F)F)cc(C(F)(F)F)c4)ncn3)cc2)cc1. The number of hydrogen-bond acceptors (Lipinski definition) is 5. The molecular formula is C25H17F6N5O. The molecule has 190 valence electrons. The Labute approximate surface area is 206 Å². The van der Waals surface area contributed by atoms with Crippen LogP contribution in [-0.4, -0.2) is 15.9 Å². The number of carbonyl (C=O) groups is 1. The van der Waals surface area contributed by atoms with E-state index in [0.29, 0.717) is 34.8 Å². The first-order valence-electron chi connectivity index (χ1n) is 10.5. The Morgan fingerprint density at radius 1 is 0.730 bits per heavy atom. The second-order valence-electron chi connectivity index (χ2n) is 7.86.